The van der Waals surface area contributed by atoms with E-state index in [-0.39, 0.29) is 5.75 Å². The van der Waals surface area contributed by atoms with Gasteiger partial charge in [0.15, 0.2) is 0 Å². The molecule has 0 saturated heterocycles. The summed E-state index contributed by atoms with van der Waals surface area (Å²) in [6.07, 6.45) is 0. The van der Waals surface area contributed by atoms with Crippen molar-refractivity contribution in [1.29, 1.82) is 0 Å². The molecule has 0 atom stereocenters. The van der Waals surface area contributed by atoms with Crippen LogP contribution in [0.3, 0.4) is 0 Å². The quantitative estimate of drug-likeness (QED) is 0.733. The van der Waals surface area contributed by atoms with Crippen molar-refractivity contribution in [3.63, 3.8) is 0 Å². The van der Waals surface area contributed by atoms with Crippen LogP contribution in [0.2, 0.25) is 0 Å². The fraction of sp³-hybridized carbons (Fsp3) is 0.294. The second kappa shape index (κ2) is 8.29. The number of benzene rings is 2. The number of methoxy groups -OCH3 is 1. The largest absolute Gasteiger partial charge is 0.508 e. The molecular weight excluding hydrogens is 266 g/mol. The molecule has 2 aromatic carbocycles. The highest BCUT2D eigenvalue weighted by atomic mass is 16.5. The Hall–Kier alpha value is -2.04. The fourth-order valence-electron chi connectivity index (χ4n) is 1.94. The minimum Gasteiger partial charge on any atom is -0.508 e. The average Bonchev–Trinajstić information content (AvgIpc) is 2.52. The van der Waals surface area contributed by atoms with E-state index in [1.165, 1.54) is 0 Å². The van der Waals surface area contributed by atoms with E-state index in [2.05, 4.69) is 5.32 Å². The first kappa shape index (κ1) is 15.4. The second-order valence-electron chi connectivity index (χ2n) is 4.73. The molecule has 0 amide bonds. The van der Waals surface area contributed by atoms with Gasteiger partial charge in [0.1, 0.15) is 18.1 Å². The van der Waals surface area contributed by atoms with E-state index < -0.39 is 0 Å². The highest BCUT2D eigenvalue weighted by molar-refractivity contribution is 5.34. The van der Waals surface area contributed by atoms with Crippen molar-refractivity contribution in [2.24, 2.45) is 0 Å². The maximum atomic E-state index is 9.27. The van der Waals surface area contributed by atoms with Crippen LogP contribution in [-0.2, 0) is 17.9 Å². The van der Waals surface area contributed by atoms with Crippen LogP contribution >= 0.6 is 0 Å². The van der Waals surface area contributed by atoms with Crippen molar-refractivity contribution in [3.8, 4) is 11.5 Å². The number of phenolic OH excluding ortho intramolecular Hbond substituents is 1. The van der Waals surface area contributed by atoms with E-state index in [0.717, 1.165) is 30.0 Å². The number of para-hydroxylation sites is 1. The normalized spacial score (nSPS) is 10.5. The molecule has 0 heterocycles. The molecule has 0 spiro atoms. The highest BCUT2D eigenvalue weighted by Gasteiger charge is 2.03. The van der Waals surface area contributed by atoms with Gasteiger partial charge in [-0.3, -0.25) is 0 Å². The molecule has 0 aliphatic heterocycles. The summed E-state index contributed by atoms with van der Waals surface area (Å²) < 4.78 is 10.9. The standard InChI is InChI=1S/C17H21NO3/c1-20-11-10-18-12-15-4-2-3-5-17(15)21-13-14-6-8-16(19)9-7-14/h2-9,18-19H,10-13H2,1H3. The molecule has 0 radical (unpaired) electrons. The van der Waals surface area contributed by atoms with Gasteiger partial charge < -0.3 is 19.9 Å². The van der Waals surface area contributed by atoms with Crippen LogP contribution in [-0.4, -0.2) is 25.4 Å². The van der Waals surface area contributed by atoms with Crippen LogP contribution < -0.4 is 10.1 Å². The average molecular weight is 287 g/mol. The first-order chi connectivity index (χ1) is 10.3. The Morgan fingerprint density at radius 2 is 1.81 bits per heavy atom. The van der Waals surface area contributed by atoms with Gasteiger partial charge >= 0.3 is 0 Å². The number of nitrogens with one attached hydrogen (secondary N) is 1. The summed E-state index contributed by atoms with van der Waals surface area (Å²) in [6, 6.07) is 15.0. The van der Waals surface area contributed by atoms with Crippen molar-refractivity contribution >= 4 is 0 Å². The molecule has 0 aromatic heterocycles. The van der Waals surface area contributed by atoms with Crippen LogP contribution in [0.25, 0.3) is 0 Å². The van der Waals surface area contributed by atoms with Crippen LogP contribution in [0.1, 0.15) is 11.1 Å². The van der Waals surface area contributed by atoms with Gasteiger partial charge in [0, 0.05) is 25.8 Å². The summed E-state index contributed by atoms with van der Waals surface area (Å²) >= 11 is 0. The van der Waals surface area contributed by atoms with Crippen LogP contribution in [0, 0.1) is 0 Å². The first-order valence-electron chi connectivity index (χ1n) is 6.98. The third-order valence-electron chi connectivity index (χ3n) is 3.10. The van der Waals surface area contributed by atoms with Gasteiger partial charge in [-0.1, -0.05) is 30.3 Å². The monoisotopic (exact) mass is 287 g/mol. The molecule has 4 heteroatoms. The maximum absolute atomic E-state index is 9.27. The van der Waals surface area contributed by atoms with Crippen molar-refractivity contribution in [3.05, 3.63) is 59.7 Å². The lowest BCUT2D eigenvalue weighted by Crippen LogP contribution is -2.19. The van der Waals surface area contributed by atoms with Crippen LogP contribution in [0.4, 0.5) is 0 Å². The third-order valence-corrected chi connectivity index (χ3v) is 3.10. The molecule has 2 rings (SSSR count). The second-order valence-corrected chi connectivity index (χ2v) is 4.73. The lowest BCUT2D eigenvalue weighted by Gasteiger charge is -2.12. The number of ether oxygens (including phenoxy) is 2. The Bertz CT molecular complexity index is 540. The summed E-state index contributed by atoms with van der Waals surface area (Å²) in [5, 5.41) is 12.6. The van der Waals surface area contributed by atoms with Gasteiger partial charge in [-0.2, -0.15) is 0 Å². The zero-order valence-corrected chi connectivity index (χ0v) is 12.2. The molecule has 0 fully saturated rings. The van der Waals surface area contributed by atoms with Crippen molar-refractivity contribution in [1.82, 2.24) is 5.32 Å². The fourth-order valence-corrected chi connectivity index (χ4v) is 1.94. The van der Waals surface area contributed by atoms with E-state index in [0.29, 0.717) is 13.2 Å². The topological polar surface area (TPSA) is 50.7 Å². The highest BCUT2D eigenvalue weighted by Crippen LogP contribution is 2.19. The molecule has 0 aliphatic carbocycles. The Morgan fingerprint density at radius 1 is 1.05 bits per heavy atom. The molecule has 21 heavy (non-hydrogen) atoms. The SMILES string of the molecule is COCCNCc1ccccc1OCc1ccc(O)cc1. The van der Waals surface area contributed by atoms with Gasteiger partial charge in [-0.05, 0) is 23.8 Å². The Kier molecular flexibility index (Phi) is 6.06. The minimum atomic E-state index is 0.265. The van der Waals surface area contributed by atoms with Gasteiger partial charge in [0.2, 0.25) is 0 Å². The Morgan fingerprint density at radius 3 is 2.57 bits per heavy atom. The predicted octanol–water partition coefficient (Wildman–Crippen LogP) is 2.71. The molecule has 2 aromatic rings. The van der Waals surface area contributed by atoms with Gasteiger partial charge in [-0.15, -0.1) is 0 Å². The molecule has 0 bridgehead atoms. The predicted molar refractivity (Wildman–Crippen MR) is 82.5 cm³/mol. The molecular formula is C17H21NO3. The zero-order valence-electron chi connectivity index (χ0n) is 12.2. The van der Waals surface area contributed by atoms with Crippen LogP contribution in [0.5, 0.6) is 11.5 Å². The Labute approximate surface area is 125 Å². The molecule has 0 unspecified atom stereocenters. The lowest BCUT2D eigenvalue weighted by atomic mass is 10.2. The summed E-state index contributed by atoms with van der Waals surface area (Å²) in [5.41, 5.74) is 2.14. The number of rotatable bonds is 8. The summed E-state index contributed by atoms with van der Waals surface area (Å²) in [6.45, 7) is 2.73. The number of aromatic hydroxyl groups is 1. The van der Waals surface area contributed by atoms with Gasteiger partial charge in [0.25, 0.3) is 0 Å². The van der Waals surface area contributed by atoms with E-state index >= 15 is 0 Å². The number of phenols is 1. The molecule has 0 saturated carbocycles. The summed E-state index contributed by atoms with van der Waals surface area (Å²) in [5.74, 6) is 1.14. The summed E-state index contributed by atoms with van der Waals surface area (Å²) in [4.78, 5) is 0. The van der Waals surface area contributed by atoms with E-state index in [4.69, 9.17) is 9.47 Å². The molecule has 0 aliphatic rings. The molecule has 2 N–H and O–H groups in total. The van der Waals surface area contributed by atoms with Crippen molar-refractivity contribution < 1.29 is 14.6 Å². The molecule has 112 valence electrons. The zero-order chi connectivity index (χ0) is 14.9. The number of hydrogen-bond donors (Lipinski definition) is 2. The maximum Gasteiger partial charge on any atom is 0.124 e. The van der Waals surface area contributed by atoms with Crippen molar-refractivity contribution in [2.45, 2.75) is 13.2 Å². The van der Waals surface area contributed by atoms with Gasteiger partial charge in [0.05, 0.1) is 6.61 Å². The van der Waals surface area contributed by atoms with Crippen molar-refractivity contribution in [2.75, 3.05) is 20.3 Å². The van der Waals surface area contributed by atoms with E-state index in [9.17, 15) is 5.11 Å². The number of hydrogen-bond acceptors (Lipinski definition) is 4. The summed E-state index contributed by atoms with van der Waals surface area (Å²) in [7, 11) is 1.69. The first-order valence-corrected chi connectivity index (χ1v) is 6.98. The Balaban J connectivity index is 1.91. The van der Waals surface area contributed by atoms with Gasteiger partial charge in [-0.25, -0.2) is 0 Å². The van der Waals surface area contributed by atoms with E-state index in [1.807, 2.05) is 36.4 Å². The molecule has 4 nitrogen and oxygen atoms in total. The minimum absolute atomic E-state index is 0.265. The third kappa shape index (κ3) is 5.10. The smallest absolute Gasteiger partial charge is 0.124 e. The van der Waals surface area contributed by atoms with E-state index in [1.54, 1.807) is 19.2 Å². The lowest BCUT2D eigenvalue weighted by molar-refractivity contribution is 0.199. The van der Waals surface area contributed by atoms with Crippen LogP contribution in [0.15, 0.2) is 48.5 Å².